The molecule has 0 atom stereocenters. The molecule has 0 aliphatic rings. The van der Waals surface area contributed by atoms with Crippen molar-refractivity contribution in [3.05, 3.63) is 109 Å². The molecule has 0 bridgehead atoms. The minimum atomic E-state index is 0.0401. The van der Waals surface area contributed by atoms with Crippen LogP contribution < -0.4 is 60.1 Å². The molecule has 0 aliphatic heterocycles. The molecule has 0 aliphatic carbocycles. The second-order valence-corrected chi connectivity index (χ2v) is 15.4. The van der Waals surface area contributed by atoms with Gasteiger partial charge in [-0.25, -0.2) is 15.0 Å². The van der Waals surface area contributed by atoms with Gasteiger partial charge < -0.3 is 0 Å². The molecule has 0 N–H and O–H groups in total. The molecule has 0 saturated heterocycles. The van der Waals surface area contributed by atoms with Crippen molar-refractivity contribution in [2.45, 2.75) is 0 Å². The van der Waals surface area contributed by atoms with E-state index in [0.29, 0.717) is 42.9 Å². The molecule has 2 heterocycles. The molecular formula is C45H18B11N3S. The average Bonchev–Trinajstić information content (AvgIpc) is 3.69. The quantitative estimate of drug-likeness (QED) is 0.205. The average molecular weight is 752 g/mol. The Morgan fingerprint density at radius 1 is 0.267 bits per heavy atom. The number of hydrogen-bond donors (Lipinski definition) is 0. The molecule has 22 radical (unpaired) electrons. The first-order valence-corrected chi connectivity index (χ1v) is 19.5. The zero-order chi connectivity index (χ0) is 42.1. The van der Waals surface area contributed by atoms with Crippen LogP contribution in [0.5, 0.6) is 0 Å². The minimum absolute atomic E-state index is 0.0401. The van der Waals surface area contributed by atoms with Gasteiger partial charge in [0.2, 0.25) is 0 Å². The van der Waals surface area contributed by atoms with E-state index in [9.17, 15) is 0 Å². The lowest BCUT2D eigenvalue weighted by Gasteiger charge is -2.25. The summed E-state index contributed by atoms with van der Waals surface area (Å²) in [6.07, 6.45) is 0. The summed E-state index contributed by atoms with van der Waals surface area (Å²) in [6.45, 7) is 0. The van der Waals surface area contributed by atoms with E-state index in [2.05, 4.69) is 36.4 Å². The summed E-state index contributed by atoms with van der Waals surface area (Å²) in [5.41, 5.74) is 7.90. The van der Waals surface area contributed by atoms with Crippen LogP contribution in [0.25, 0.3) is 87.7 Å². The van der Waals surface area contributed by atoms with Gasteiger partial charge in [0.05, 0.1) is 0 Å². The predicted molar refractivity (Wildman–Crippen MR) is 265 cm³/mol. The standard InChI is InChI=1S/C45H18B11N3S/c46-30-25(31(47)39(55)40(56)38(30)54)26-33(49)37(53)34(50)27-28-32(48)35(51)29(36(52)42(28)60-41(26)27)45-58-43(23-9-5-2-6-10-23)57-44(59-45)24-17-15-22(16-18-24)21-13-11-20(12-14-21)19-7-3-1-4-8-19/h1-18H. The Kier molecular flexibility index (Phi) is 10.3. The number of fused-ring (bicyclic) bond motifs is 3. The highest BCUT2D eigenvalue weighted by Crippen LogP contribution is 2.36. The largest absolute Gasteiger partial charge is 0.208 e. The van der Waals surface area contributed by atoms with E-state index in [1.165, 1.54) is 11.3 Å². The van der Waals surface area contributed by atoms with Gasteiger partial charge in [-0.3, -0.25) is 0 Å². The van der Waals surface area contributed by atoms with Gasteiger partial charge in [0, 0.05) is 26.1 Å². The van der Waals surface area contributed by atoms with Crippen molar-refractivity contribution in [2.24, 2.45) is 0 Å². The fraction of sp³-hybridized carbons (Fsp3) is 0. The normalized spacial score (nSPS) is 11.4. The number of benzene rings is 7. The van der Waals surface area contributed by atoms with Crippen LogP contribution in [0.2, 0.25) is 0 Å². The summed E-state index contributed by atoms with van der Waals surface area (Å²) in [5, 5.41) is 0.903. The van der Waals surface area contributed by atoms with E-state index in [0.717, 1.165) is 33.4 Å². The van der Waals surface area contributed by atoms with Gasteiger partial charge in [0.1, 0.15) is 86.3 Å². The molecular weight excluding hydrogens is 734 g/mol. The van der Waals surface area contributed by atoms with E-state index in [1.54, 1.807) is 0 Å². The lowest BCUT2D eigenvalue weighted by Crippen LogP contribution is -2.56. The van der Waals surface area contributed by atoms with Crippen molar-refractivity contribution < 1.29 is 0 Å². The third-order valence-electron chi connectivity index (χ3n) is 10.9. The first-order chi connectivity index (χ1) is 28.8. The Hall–Kier alpha value is -5.52. The van der Waals surface area contributed by atoms with Crippen LogP contribution in [0.3, 0.4) is 0 Å². The summed E-state index contributed by atoms with van der Waals surface area (Å²) in [5.74, 6) is 1.01. The van der Waals surface area contributed by atoms with Crippen LogP contribution in [0.15, 0.2) is 109 Å². The molecule has 7 aromatic carbocycles. The molecule has 3 nitrogen and oxygen atoms in total. The van der Waals surface area contributed by atoms with Gasteiger partial charge in [0.15, 0.2) is 17.5 Å². The highest BCUT2D eigenvalue weighted by Gasteiger charge is 2.25. The Morgan fingerprint density at radius 2 is 0.600 bits per heavy atom. The topological polar surface area (TPSA) is 38.7 Å². The zero-order valence-electron chi connectivity index (χ0n) is 32.0. The summed E-state index contributed by atoms with van der Waals surface area (Å²) in [7, 11) is 72.7. The fourth-order valence-electron chi connectivity index (χ4n) is 7.61. The summed E-state index contributed by atoms with van der Waals surface area (Å²) < 4.78 is 1.03. The second kappa shape index (κ2) is 15.5. The van der Waals surface area contributed by atoms with Crippen molar-refractivity contribution in [3.8, 4) is 67.5 Å². The SMILES string of the molecule is [B]c1c([B])c([B])c(-c2c([B])c([B])c([B])c3c2sc2c([B])c(-c4nc(-c5ccccc5)nc(-c5ccc(-c6ccc(-c7ccccc7)cc6)cc5)n4)c([B])c([B])c23)c([B])c1[B]. The van der Waals surface area contributed by atoms with Crippen molar-refractivity contribution in [1.82, 2.24) is 15.0 Å². The van der Waals surface area contributed by atoms with Crippen molar-refractivity contribution in [3.63, 3.8) is 0 Å². The lowest BCUT2D eigenvalue weighted by atomic mass is 9.58. The maximum atomic E-state index is 7.10. The van der Waals surface area contributed by atoms with E-state index >= 15 is 0 Å². The van der Waals surface area contributed by atoms with Crippen LogP contribution in [0.1, 0.15) is 0 Å². The predicted octanol–water partition coefficient (Wildman–Crippen LogP) is -1.03. The van der Waals surface area contributed by atoms with Crippen LogP contribution in [-0.2, 0) is 0 Å². The molecule has 9 aromatic rings. The number of nitrogens with zero attached hydrogens (tertiary/aromatic N) is 3. The minimum Gasteiger partial charge on any atom is -0.208 e. The molecule has 60 heavy (non-hydrogen) atoms. The summed E-state index contributed by atoms with van der Waals surface area (Å²) in [6, 6.07) is 36.2. The van der Waals surface area contributed by atoms with Gasteiger partial charge in [0.25, 0.3) is 0 Å². The number of aromatic nitrogens is 3. The van der Waals surface area contributed by atoms with Gasteiger partial charge in [-0.05, 0) is 44.2 Å². The molecule has 9 rings (SSSR count). The molecule has 0 fully saturated rings. The lowest BCUT2D eigenvalue weighted by molar-refractivity contribution is 1.08. The highest BCUT2D eigenvalue weighted by molar-refractivity contribution is 7.28. The van der Waals surface area contributed by atoms with Crippen molar-refractivity contribution in [2.75, 3.05) is 0 Å². The fourth-order valence-corrected chi connectivity index (χ4v) is 8.97. The molecule has 0 amide bonds. The van der Waals surface area contributed by atoms with E-state index in [1.807, 2.05) is 72.8 Å². The third kappa shape index (κ3) is 6.48. The number of rotatable bonds is 6. The Morgan fingerprint density at radius 3 is 1.12 bits per heavy atom. The van der Waals surface area contributed by atoms with Crippen LogP contribution in [0, 0.1) is 0 Å². The van der Waals surface area contributed by atoms with Crippen LogP contribution in [0.4, 0.5) is 0 Å². The number of thiophene rings is 1. The molecule has 0 unspecified atom stereocenters. The van der Waals surface area contributed by atoms with Gasteiger partial charge in [-0.1, -0.05) is 147 Å². The molecule has 15 heteroatoms. The van der Waals surface area contributed by atoms with E-state index in [4.69, 9.17) is 101 Å². The monoisotopic (exact) mass is 753 g/mol. The van der Waals surface area contributed by atoms with E-state index in [-0.39, 0.29) is 71.5 Å². The molecule has 2 aromatic heterocycles. The van der Waals surface area contributed by atoms with Crippen molar-refractivity contribution >= 4 is 178 Å². The zero-order valence-corrected chi connectivity index (χ0v) is 32.8. The van der Waals surface area contributed by atoms with Crippen LogP contribution in [-0.4, -0.2) is 101 Å². The first-order valence-electron chi connectivity index (χ1n) is 18.6. The van der Waals surface area contributed by atoms with E-state index < -0.39 is 0 Å². The van der Waals surface area contributed by atoms with Crippen molar-refractivity contribution in [1.29, 1.82) is 0 Å². The number of hydrogen-bond acceptors (Lipinski definition) is 4. The van der Waals surface area contributed by atoms with Gasteiger partial charge in [-0.15, -0.1) is 33.2 Å². The summed E-state index contributed by atoms with van der Waals surface area (Å²) >= 11 is 1.24. The Bertz CT molecular complexity index is 3170. The maximum Gasteiger partial charge on any atom is 0.164 e. The maximum absolute atomic E-state index is 7.10. The Balaban J connectivity index is 1.22. The third-order valence-corrected chi connectivity index (χ3v) is 12.1. The second-order valence-electron chi connectivity index (χ2n) is 14.4. The van der Waals surface area contributed by atoms with Gasteiger partial charge >= 0.3 is 0 Å². The van der Waals surface area contributed by atoms with Gasteiger partial charge in [-0.2, -0.15) is 0 Å². The molecule has 0 spiro atoms. The van der Waals surface area contributed by atoms with Crippen LogP contribution >= 0.6 is 11.3 Å². The Labute approximate surface area is 367 Å². The molecule has 0 saturated carbocycles. The molecule has 252 valence electrons. The smallest absolute Gasteiger partial charge is 0.164 e. The summed E-state index contributed by atoms with van der Waals surface area (Å²) in [4.78, 5) is 14.8. The first kappa shape index (κ1) is 39.9. The highest BCUT2D eigenvalue weighted by atomic mass is 32.1.